The van der Waals surface area contributed by atoms with E-state index < -0.39 is 11.7 Å². The van der Waals surface area contributed by atoms with Crippen LogP contribution in [0.15, 0.2) is 65.1 Å². The third-order valence-corrected chi connectivity index (χ3v) is 4.79. The summed E-state index contributed by atoms with van der Waals surface area (Å²) in [7, 11) is 0. The highest BCUT2D eigenvalue weighted by atomic mass is 32.1. The number of hydrogen-bond donors (Lipinski definition) is 2. The van der Waals surface area contributed by atoms with E-state index in [0.29, 0.717) is 17.2 Å². The first-order valence-corrected chi connectivity index (χ1v) is 9.66. The van der Waals surface area contributed by atoms with Crippen LogP contribution in [-0.2, 0) is 0 Å². The molecule has 3 aromatic carbocycles. The fraction of sp³-hybridized carbons (Fsp3) is 0.0870. The molecular formula is C23H18FN3O2S. The zero-order valence-electron chi connectivity index (χ0n) is 16.3. The van der Waals surface area contributed by atoms with Crippen molar-refractivity contribution in [2.24, 2.45) is 0 Å². The van der Waals surface area contributed by atoms with E-state index in [4.69, 9.17) is 16.6 Å². The lowest BCUT2D eigenvalue weighted by Gasteiger charge is -2.12. The summed E-state index contributed by atoms with van der Waals surface area (Å²) in [5.41, 5.74) is 5.20. The molecule has 5 nitrogen and oxygen atoms in total. The second-order valence-electron chi connectivity index (χ2n) is 6.94. The van der Waals surface area contributed by atoms with Gasteiger partial charge < -0.3 is 9.73 Å². The van der Waals surface area contributed by atoms with Gasteiger partial charge in [-0.05, 0) is 79.7 Å². The van der Waals surface area contributed by atoms with Crippen LogP contribution < -0.4 is 10.6 Å². The Kier molecular flexibility index (Phi) is 5.29. The number of thiocarbonyl (C=S) groups is 1. The minimum Gasteiger partial charge on any atom is -0.436 e. The highest BCUT2D eigenvalue weighted by Crippen LogP contribution is 2.28. The molecule has 30 heavy (non-hydrogen) atoms. The number of aromatic nitrogens is 1. The summed E-state index contributed by atoms with van der Waals surface area (Å²) in [5, 5.41) is 5.69. The number of anilines is 1. The molecule has 0 saturated heterocycles. The van der Waals surface area contributed by atoms with E-state index >= 15 is 0 Å². The minimum absolute atomic E-state index is 0.109. The molecule has 2 N–H and O–H groups in total. The van der Waals surface area contributed by atoms with E-state index in [1.54, 1.807) is 0 Å². The van der Waals surface area contributed by atoms with Gasteiger partial charge in [0.05, 0.1) is 0 Å². The van der Waals surface area contributed by atoms with Crippen LogP contribution in [0.25, 0.3) is 22.6 Å². The molecule has 150 valence electrons. The van der Waals surface area contributed by atoms with Crippen molar-refractivity contribution in [1.82, 2.24) is 10.3 Å². The van der Waals surface area contributed by atoms with Crippen LogP contribution in [0.4, 0.5) is 10.1 Å². The Balaban J connectivity index is 1.54. The maximum absolute atomic E-state index is 13.3. The van der Waals surface area contributed by atoms with Gasteiger partial charge in [0.15, 0.2) is 10.7 Å². The summed E-state index contributed by atoms with van der Waals surface area (Å²) in [6, 6.07) is 16.9. The smallest absolute Gasteiger partial charge is 0.257 e. The topological polar surface area (TPSA) is 67.2 Å². The fourth-order valence-electron chi connectivity index (χ4n) is 3.01. The lowest BCUT2D eigenvalue weighted by Crippen LogP contribution is -2.34. The molecule has 4 aromatic rings. The lowest BCUT2D eigenvalue weighted by molar-refractivity contribution is 0.0977. The van der Waals surface area contributed by atoms with E-state index in [9.17, 15) is 9.18 Å². The Morgan fingerprint density at radius 1 is 1.07 bits per heavy atom. The summed E-state index contributed by atoms with van der Waals surface area (Å²) < 4.78 is 19.2. The zero-order valence-corrected chi connectivity index (χ0v) is 17.1. The van der Waals surface area contributed by atoms with E-state index in [1.165, 1.54) is 18.2 Å². The second-order valence-corrected chi connectivity index (χ2v) is 7.35. The van der Waals surface area contributed by atoms with Gasteiger partial charge in [-0.1, -0.05) is 18.2 Å². The predicted octanol–water partition coefficient (Wildman–Crippen LogP) is 5.38. The van der Waals surface area contributed by atoms with Crippen molar-refractivity contribution >= 4 is 40.0 Å². The number of oxazole rings is 1. The molecule has 0 unspecified atom stereocenters. The average Bonchev–Trinajstić information content (AvgIpc) is 3.12. The number of nitrogens with zero attached hydrogens (tertiary/aromatic N) is 1. The van der Waals surface area contributed by atoms with Gasteiger partial charge in [0.25, 0.3) is 5.91 Å². The maximum Gasteiger partial charge on any atom is 0.257 e. The van der Waals surface area contributed by atoms with Gasteiger partial charge in [-0.3, -0.25) is 10.1 Å². The van der Waals surface area contributed by atoms with Crippen LogP contribution in [0.2, 0.25) is 0 Å². The van der Waals surface area contributed by atoms with Crippen molar-refractivity contribution in [1.29, 1.82) is 0 Å². The van der Waals surface area contributed by atoms with Gasteiger partial charge in [0.1, 0.15) is 11.3 Å². The Labute approximate surface area is 177 Å². The van der Waals surface area contributed by atoms with Gasteiger partial charge in [-0.25, -0.2) is 9.37 Å². The highest BCUT2D eigenvalue weighted by Gasteiger charge is 2.13. The first-order valence-electron chi connectivity index (χ1n) is 9.25. The van der Waals surface area contributed by atoms with Crippen molar-refractivity contribution in [2.45, 2.75) is 13.8 Å². The zero-order chi connectivity index (χ0) is 21.3. The van der Waals surface area contributed by atoms with Crippen molar-refractivity contribution in [3.63, 3.8) is 0 Å². The Bertz CT molecular complexity index is 1280. The first kappa shape index (κ1) is 19.7. The van der Waals surface area contributed by atoms with Crippen LogP contribution in [0, 0.1) is 19.7 Å². The first-order chi connectivity index (χ1) is 14.4. The van der Waals surface area contributed by atoms with Crippen LogP contribution in [-0.4, -0.2) is 16.0 Å². The molecule has 0 bridgehead atoms. The molecule has 1 amide bonds. The molecule has 7 heteroatoms. The SMILES string of the molecule is Cc1ccc2oc(-c3ccc(C)c(NC(=S)NC(=O)c4cccc(F)c4)c3)nc2c1. The lowest BCUT2D eigenvalue weighted by atomic mass is 10.1. The standard InChI is InChI=1S/C23H18FN3O2S/c1-13-6-9-20-19(10-13)25-22(29-20)16-8-7-14(2)18(12-16)26-23(30)27-21(28)15-4-3-5-17(24)11-15/h3-12H,1-2H3,(H2,26,27,28,30). The van der Waals surface area contributed by atoms with Gasteiger partial charge in [-0.15, -0.1) is 0 Å². The number of halogens is 1. The normalized spacial score (nSPS) is 10.8. The quantitative estimate of drug-likeness (QED) is 0.437. The predicted molar refractivity (Wildman–Crippen MR) is 119 cm³/mol. The summed E-state index contributed by atoms with van der Waals surface area (Å²) in [6.45, 7) is 3.92. The summed E-state index contributed by atoms with van der Waals surface area (Å²) in [6.07, 6.45) is 0. The third-order valence-electron chi connectivity index (χ3n) is 4.59. The second kappa shape index (κ2) is 8.04. The Hall–Kier alpha value is -3.58. The van der Waals surface area contributed by atoms with Crippen molar-refractivity contribution in [2.75, 3.05) is 5.32 Å². The molecular weight excluding hydrogens is 401 g/mol. The van der Waals surface area contributed by atoms with E-state index in [0.717, 1.165) is 28.3 Å². The van der Waals surface area contributed by atoms with Gasteiger partial charge in [-0.2, -0.15) is 0 Å². The summed E-state index contributed by atoms with van der Waals surface area (Å²) in [5.74, 6) is -0.484. The molecule has 0 aliphatic carbocycles. The van der Waals surface area contributed by atoms with Crippen LogP contribution in [0.3, 0.4) is 0 Å². The van der Waals surface area contributed by atoms with Crippen molar-refractivity contribution in [3.05, 3.63) is 83.2 Å². The van der Waals surface area contributed by atoms with Crippen LogP contribution in [0.1, 0.15) is 21.5 Å². The molecule has 1 heterocycles. The molecule has 0 spiro atoms. The van der Waals surface area contributed by atoms with Crippen molar-refractivity contribution < 1.29 is 13.6 Å². The van der Waals surface area contributed by atoms with Crippen molar-refractivity contribution in [3.8, 4) is 11.5 Å². The highest BCUT2D eigenvalue weighted by molar-refractivity contribution is 7.80. The number of rotatable bonds is 3. The number of benzene rings is 3. The minimum atomic E-state index is -0.491. The summed E-state index contributed by atoms with van der Waals surface area (Å²) in [4.78, 5) is 16.8. The summed E-state index contributed by atoms with van der Waals surface area (Å²) >= 11 is 5.26. The number of carbonyl (C=O) groups excluding carboxylic acids is 1. The Morgan fingerprint density at radius 3 is 2.70 bits per heavy atom. The van der Waals surface area contributed by atoms with Crippen LogP contribution in [0.5, 0.6) is 0 Å². The molecule has 1 aromatic heterocycles. The molecule has 4 rings (SSSR count). The number of fused-ring (bicyclic) bond motifs is 1. The number of carbonyl (C=O) groups is 1. The Morgan fingerprint density at radius 2 is 1.90 bits per heavy atom. The monoisotopic (exact) mass is 419 g/mol. The van der Waals surface area contributed by atoms with Gasteiger partial charge in [0, 0.05) is 16.8 Å². The maximum atomic E-state index is 13.3. The number of aryl methyl sites for hydroxylation is 2. The molecule has 0 aliphatic heterocycles. The number of hydrogen-bond acceptors (Lipinski definition) is 4. The van der Waals surface area contributed by atoms with Crippen LogP contribution >= 0.6 is 12.2 Å². The fourth-order valence-corrected chi connectivity index (χ4v) is 3.21. The van der Waals surface area contributed by atoms with Gasteiger partial charge >= 0.3 is 0 Å². The molecule has 0 radical (unpaired) electrons. The molecule has 0 atom stereocenters. The number of amides is 1. The third kappa shape index (κ3) is 4.21. The largest absolute Gasteiger partial charge is 0.436 e. The molecule has 0 fully saturated rings. The molecule has 0 saturated carbocycles. The molecule has 0 aliphatic rings. The van der Waals surface area contributed by atoms with E-state index in [-0.39, 0.29) is 10.7 Å². The number of nitrogens with one attached hydrogen (secondary N) is 2. The van der Waals surface area contributed by atoms with E-state index in [2.05, 4.69) is 15.6 Å². The average molecular weight is 419 g/mol. The van der Waals surface area contributed by atoms with Gasteiger partial charge in [0.2, 0.25) is 5.89 Å². The van der Waals surface area contributed by atoms with E-state index in [1.807, 2.05) is 50.2 Å².